The van der Waals surface area contributed by atoms with Crippen molar-refractivity contribution in [2.45, 2.75) is 38.2 Å². The molecule has 0 bridgehead atoms. The lowest BCUT2D eigenvalue weighted by Crippen LogP contribution is -2.38. The largest absolute Gasteiger partial charge is 0.494 e. The fraction of sp³-hybridized carbons (Fsp3) is 0.458. The molecule has 2 aromatic rings. The Morgan fingerprint density at radius 1 is 1.07 bits per heavy atom. The molecule has 1 amide bonds. The van der Waals surface area contributed by atoms with E-state index in [2.05, 4.69) is 10.2 Å². The molecule has 0 spiro atoms. The van der Waals surface area contributed by atoms with Crippen LogP contribution in [0.2, 0.25) is 0 Å². The van der Waals surface area contributed by atoms with Gasteiger partial charge in [-0.1, -0.05) is 36.8 Å². The molecule has 1 aliphatic rings. The highest BCUT2D eigenvalue weighted by Gasteiger charge is 2.23. The van der Waals surface area contributed by atoms with Crippen LogP contribution in [-0.4, -0.2) is 48.7 Å². The van der Waals surface area contributed by atoms with Crippen molar-refractivity contribution in [1.82, 2.24) is 10.2 Å². The molecule has 1 fully saturated rings. The number of nitrogens with one attached hydrogen (secondary N) is 1. The number of carbonyl (C=O) groups excluding carboxylic acids is 1. The predicted octanol–water partition coefficient (Wildman–Crippen LogP) is 3.58. The maximum Gasteiger partial charge on any atom is 0.251 e. The van der Waals surface area contributed by atoms with E-state index in [0.717, 1.165) is 24.3 Å². The molecule has 2 aromatic carbocycles. The molecule has 5 heteroatoms. The number of ether oxygens (including phenoxy) is 1. The van der Waals surface area contributed by atoms with Crippen LogP contribution in [0.4, 0.5) is 0 Å². The summed E-state index contributed by atoms with van der Waals surface area (Å²) in [6.07, 6.45) is 4.99. The highest BCUT2D eigenvalue weighted by molar-refractivity contribution is 5.94. The number of hydrogen-bond acceptors (Lipinski definition) is 4. The Morgan fingerprint density at radius 3 is 2.45 bits per heavy atom. The van der Waals surface area contributed by atoms with Crippen LogP contribution in [-0.2, 0) is 5.60 Å². The minimum atomic E-state index is -1.12. The van der Waals surface area contributed by atoms with Crippen LogP contribution < -0.4 is 10.1 Å². The summed E-state index contributed by atoms with van der Waals surface area (Å²) in [7, 11) is 0. The second-order valence-corrected chi connectivity index (χ2v) is 7.95. The van der Waals surface area contributed by atoms with Gasteiger partial charge in [-0.05, 0) is 69.1 Å². The third-order valence-electron chi connectivity index (χ3n) is 5.44. The number of likely N-dealkylation sites (tertiary alicyclic amines) is 1. The summed E-state index contributed by atoms with van der Waals surface area (Å²) in [5.41, 5.74) is 0.206. The number of benzene rings is 2. The van der Waals surface area contributed by atoms with Gasteiger partial charge in [0.05, 0.1) is 13.2 Å². The van der Waals surface area contributed by atoms with E-state index in [4.69, 9.17) is 4.74 Å². The maximum absolute atomic E-state index is 12.4. The molecule has 0 aromatic heterocycles. The van der Waals surface area contributed by atoms with E-state index in [9.17, 15) is 9.90 Å². The molecule has 1 aliphatic heterocycles. The lowest BCUT2D eigenvalue weighted by molar-refractivity contribution is 0.0526. The fourth-order valence-corrected chi connectivity index (χ4v) is 3.62. The van der Waals surface area contributed by atoms with Gasteiger partial charge in [-0.25, -0.2) is 0 Å². The summed E-state index contributed by atoms with van der Waals surface area (Å²) in [6.45, 7) is 6.03. The molecule has 1 unspecified atom stereocenters. The summed E-state index contributed by atoms with van der Waals surface area (Å²) in [4.78, 5) is 14.9. The third kappa shape index (κ3) is 6.58. The van der Waals surface area contributed by atoms with Gasteiger partial charge < -0.3 is 20.1 Å². The van der Waals surface area contributed by atoms with E-state index in [-0.39, 0.29) is 12.5 Å². The zero-order chi connectivity index (χ0) is 20.5. The van der Waals surface area contributed by atoms with Gasteiger partial charge in [0.2, 0.25) is 0 Å². The van der Waals surface area contributed by atoms with Crippen molar-refractivity contribution in [2.24, 2.45) is 0 Å². The molecule has 5 nitrogen and oxygen atoms in total. The van der Waals surface area contributed by atoms with Gasteiger partial charge in [-0.15, -0.1) is 0 Å². The van der Waals surface area contributed by atoms with Crippen molar-refractivity contribution >= 4 is 5.91 Å². The Balaban J connectivity index is 1.41. The quantitative estimate of drug-likeness (QED) is 0.636. The van der Waals surface area contributed by atoms with Crippen LogP contribution in [0.3, 0.4) is 0 Å². The smallest absolute Gasteiger partial charge is 0.251 e. The Morgan fingerprint density at radius 2 is 1.76 bits per heavy atom. The first-order chi connectivity index (χ1) is 14.0. The van der Waals surface area contributed by atoms with E-state index in [1.165, 1.54) is 32.4 Å². The highest BCUT2D eigenvalue weighted by atomic mass is 16.5. The maximum atomic E-state index is 12.4. The van der Waals surface area contributed by atoms with Crippen LogP contribution in [0.25, 0.3) is 0 Å². The minimum absolute atomic E-state index is 0.143. The Labute approximate surface area is 173 Å². The summed E-state index contributed by atoms with van der Waals surface area (Å²) in [6, 6.07) is 16.5. The molecule has 156 valence electrons. The monoisotopic (exact) mass is 396 g/mol. The summed E-state index contributed by atoms with van der Waals surface area (Å²) >= 11 is 0. The number of amides is 1. The van der Waals surface area contributed by atoms with E-state index < -0.39 is 5.60 Å². The topological polar surface area (TPSA) is 61.8 Å². The molecule has 0 saturated carbocycles. The van der Waals surface area contributed by atoms with Crippen LogP contribution in [0, 0.1) is 0 Å². The van der Waals surface area contributed by atoms with E-state index in [1.54, 1.807) is 19.1 Å². The van der Waals surface area contributed by atoms with Gasteiger partial charge >= 0.3 is 0 Å². The van der Waals surface area contributed by atoms with E-state index >= 15 is 0 Å². The molecule has 29 heavy (non-hydrogen) atoms. The minimum Gasteiger partial charge on any atom is -0.494 e. The number of carbonyl (C=O) groups is 1. The van der Waals surface area contributed by atoms with E-state index in [1.807, 2.05) is 42.5 Å². The molecule has 0 aliphatic carbocycles. The molecule has 0 radical (unpaired) electrons. The Hall–Kier alpha value is -2.37. The molecule has 3 rings (SSSR count). The van der Waals surface area contributed by atoms with Crippen molar-refractivity contribution in [2.75, 3.05) is 32.8 Å². The van der Waals surface area contributed by atoms with Crippen molar-refractivity contribution in [3.63, 3.8) is 0 Å². The van der Waals surface area contributed by atoms with Crippen molar-refractivity contribution < 1.29 is 14.6 Å². The van der Waals surface area contributed by atoms with Crippen LogP contribution >= 0.6 is 0 Å². The van der Waals surface area contributed by atoms with Gasteiger partial charge in [0.15, 0.2) is 0 Å². The van der Waals surface area contributed by atoms with Gasteiger partial charge in [0.25, 0.3) is 5.91 Å². The average molecular weight is 397 g/mol. The van der Waals surface area contributed by atoms with Gasteiger partial charge in [0, 0.05) is 12.1 Å². The van der Waals surface area contributed by atoms with Crippen molar-refractivity contribution in [3.05, 3.63) is 65.7 Å². The first kappa shape index (κ1) is 21.3. The summed E-state index contributed by atoms with van der Waals surface area (Å²) in [5.74, 6) is 0.564. The Bertz CT molecular complexity index is 753. The molecule has 1 heterocycles. The molecular formula is C24H32N2O3. The summed E-state index contributed by atoms with van der Waals surface area (Å²) in [5, 5.41) is 13.4. The second kappa shape index (κ2) is 10.4. The Kier molecular flexibility index (Phi) is 7.67. The average Bonchev–Trinajstić information content (AvgIpc) is 2.77. The van der Waals surface area contributed by atoms with Gasteiger partial charge in [0.1, 0.15) is 11.4 Å². The lowest BCUT2D eigenvalue weighted by atomic mass is 9.96. The first-order valence-corrected chi connectivity index (χ1v) is 10.6. The number of piperidine rings is 1. The molecule has 1 saturated heterocycles. The van der Waals surface area contributed by atoms with Crippen LogP contribution in [0.5, 0.6) is 5.75 Å². The van der Waals surface area contributed by atoms with Crippen molar-refractivity contribution in [3.8, 4) is 5.75 Å². The zero-order valence-corrected chi connectivity index (χ0v) is 17.3. The van der Waals surface area contributed by atoms with Gasteiger partial charge in [-0.2, -0.15) is 0 Å². The van der Waals surface area contributed by atoms with Crippen LogP contribution in [0.15, 0.2) is 54.6 Å². The van der Waals surface area contributed by atoms with Gasteiger partial charge in [-0.3, -0.25) is 4.79 Å². The summed E-state index contributed by atoms with van der Waals surface area (Å²) < 4.78 is 5.81. The van der Waals surface area contributed by atoms with E-state index in [0.29, 0.717) is 12.2 Å². The molecule has 1 atom stereocenters. The SMILES string of the molecule is CC(O)(CNC(=O)c1ccc(OCCCN2CCCCC2)cc1)c1ccccc1. The first-order valence-electron chi connectivity index (χ1n) is 10.6. The van der Waals surface area contributed by atoms with Crippen molar-refractivity contribution in [1.29, 1.82) is 0 Å². The number of aliphatic hydroxyl groups is 1. The zero-order valence-electron chi connectivity index (χ0n) is 17.3. The molecule has 2 N–H and O–H groups in total. The number of rotatable bonds is 9. The van der Waals surface area contributed by atoms with Crippen LogP contribution in [0.1, 0.15) is 48.5 Å². The number of nitrogens with zero attached hydrogens (tertiary/aromatic N) is 1. The lowest BCUT2D eigenvalue weighted by Gasteiger charge is -2.26. The second-order valence-electron chi connectivity index (χ2n) is 7.95. The predicted molar refractivity (Wildman–Crippen MR) is 115 cm³/mol. The number of hydrogen-bond donors (Lipinski definition) is 2. The molecular weight excluding hydrogens is 364 g/mol. The standard InChI is InChI=1S/C24H32N2O3/c1-24(28,21-9-4-2-5-10-21)19-25-23(27)20-11-13-22(14-12-20)29-18-8-17-26-15-6-3-7-16-26/h2,4-5,9-14,28H,3,6-8,15-19H2,1H3,(H,25,27). The fourth-order valence-electron chi connectivity index (χ4n) is 3.62. The third-order valence-corrected chi connectivity index (χ3v) is 5.44. The normalized spacial score (nSPS) is 16.8. The highest BCUT2D eigenvalue weighted by Crippen LogP contribution is 2.19.